The highest BCUT2D eigenvalue weighted by atomic mass is 19.1. The van der Waals surface area contributed by atoms with E-state index in [2.05, 4.69) is 34.2 Å². The van der Waals surface area contributed by atoms with Crippen molar-refractivity contribution in [3.05, 3.63) is 46.8 Å². The third-order valence-corrected chi connectivity index (χ3v) is 5.48. The molecule has 1 aromatic carbocycles. The molecule has 0 bridgehead atoms. The third kappa shape index (κ3) is 4.54. The van der Waals surface area contributed by atoms with Crippen LogP contribution in [0.3, 0.4) is 0 Å². The SMILES string of the molecule is Cc1nn(-c2ccc(F)cc2F)c(C)c1CNCC(C)N1CCN(C)CC1. The molecule has 1 atom stereocenters. The molecule has 0 radical (unpaired) electrons. The molecule has 5 nitrogen and oxygen atoms in total. The van der Waals surface area contributed by atoms with E-state index in [0.717, 1.165) is 55.7 Å². The fraction of sp³-hybridized carbons (Fsp3) is 0.550. The second-order valence-electron chi connectivity index (χ2n) is 7.48. The number of rotatable bonds is 6. The van der Waals surface area contributed by atoms with Crippen molar-refractivity contribution in [3.63, 3.8) is 0 Å². The van der Waals surface area contributed by atoms with Gasteiger partial charge in [-0.1, -0.05) is 0 Å². The Labute approximate surface area is 160 Å². The van der Waals surface area contributed by atoms with Gasteiger partial charge in [0, 0.05) is 62.6 Å². The Morgan fingerprint density at radius 3 is 2.52 bits per heavy atom. The molecule has 2 aromatic rings. The molecule has 0 spiro atoms. The number of hydrogen-bond acceptors (Lipinski definition) is 4. The Balaban J connectivity index is 1.63. The van der Waals surface area contributed by atoms with Crippen LogP contribution in [0.1, 0.15) is 23.9 Å². The highest BCUT2D eigenvalue weighted by molar-refractivity contribution is 5.38. The molecule has 0 aliphatic carbocycles. The van der Waals surface area contributed by atoms with Crippen LogP contribution < -0.4 is 5.32 Å². The number of nitrogens with zero attached hydrogens (tertiary/aromatic N) is 4. The van der Waals surface area contributed by atoms with E-state index in [9.17, 15) is 8.78 Å². The van der Waals surface area contributed by atoms with Crippen LogP contribution in [0.15, 0.2) is 18.2 Å². The zero-order valence-electron chi connectivity index (χ0n) is 16.6. The van der Waals surface area contributed by atoms with Gasteiger partial charge in [-0.3, -0.25) is 4.90 Å². The van der Waals surface area contributed by atoms with Gasteiger partial charge in [0.15, 0.2) is 5.82 Å². The minimum atomic E-state index is -0.608. The van der Waals surface area contributed by atoms with Crippen molar-refractivity contribution in [2.24, 2.45) is 0 Å². The lowest BCUT2D eigenvalue weighted by Crippen LogP contribution is -2.50. The number of aromatic nitrogens is 2. The molecule has 1 aliphatic rings. The van der Waals surface area contributed by atoms with Crippen molar-refractivity contribution in [1.29, 1.82) is 0 Å². The summed E-state index contributed by atoms with van der Waals surface area (Å²) in [6.07, 6.45) is 0. The van der Waals surface area contributed by atoms with E-state index in [0.29, 0.717) is 12.6 Å². The van der Waals surface area contributed by atoms with E-state index >= 15 is 0 Å². The van der Waals surface area contributed by atoms with Crippen molar-refractivity contribution in [3.8, 4) is 5.69 Å². The van der Waals surface area contributed by atoms with Gasteiger partial charge < -0.3 is 10.2 Å². The van der Waals surface area contributed by atoms with Crippen molar-refractivity contribution in [2.75, 3.05) is 39.8 Å². The van der Waals surface area contributed by atoms with Crippen LogP contribution >= 0.6 is 0 Å². The quantitative estimate of drug-likeness (QED) is 0.839. The van der Waals surface area contributed by atoms with Crippen LogP contribution in [0.4, 0.5) is 8.78 Å². The summed E-state index contributed by atoms with van der Waals surface area (Å²) in [5.41, 5.74) is 3.06. The lowest BCUT2D eigenvalue weighted by Gasteiger charge is -2.36. The molecule has 7 heteroatoms. The van der Waals surface area contributed by atoms with Crippen LogP contribution in [0.5, 0.6) is 0 Å². The molecule has 1 aliphatic heterocycles. The summed E-state index contributed by atoms with van der Waals surface area (Å²) >= 11 is 0. The smallest absolute Gasteiger partial charge is 0.151 e. The Bertz CT molecular complexity index is 781. The Morgan fingerprint density at radius 1 is 1.15 bits per heavy atom. The summed E-state index contributed by atoms with van der Waals surface area (Å²) in [5.74, 6) is -1.19. The number of hydrogen-bond donors (Lipinski definition) is 1. The van der Waals surface area contributed by atoms with E-state index in [1.54, 1.807) is 4.68 Å². The van der Waals surface area contributed by atoms with Crippen molar-refractivity contribution >= 4 is 0 Å². The van der Waals surface area contributed by atoms with Gasteiger partial charge in [0.05, 0.1) is 5.69 Å². The number of piperazine rings is 1. The molecule has 1 aromatic heterocycles. The first-order valence-electron chi connectivity index (χ1n) is 9.50. The van der Waals surface area contributed by atoms with E-state index in [-0.39, 0.29) is 5.69 Å². The number of nitrogens with one attached hydrogen (secondary N) is 1. The first-order chi connectivity index (χ1) is 12.9. The van der Waals surface area contributed by atoms with E-state index in [1.807, 2.05) is 13.8 Å². The molecule has 27 heavy (non-hydrogen) atoms. The molecule has 1 saturated heterocycles. The number of aryl methyl sites for hydroxylation is 1. The lowest BCUT2D eigenvalue weighted by molar-refractivity contribution is 0.118. The zero-order valence-corrected chi connectivity index (χ0v) is 16.6. The molecule has 3 rings (SSSR count). The second-order valence-corrected chi connectivity index (χ2v) is 7.48. The lowest BCUT2D eigenvalue weighted by atomic mass is 10.2. The van der Waals surface area contributed by atoms with Crippen molar-refractivity contribution < 1.29 is 8.78 Å². The number of benzene rings is 1. The maximum atomic E-state index is 14.1. The molecule has 0 amide bonds. The van der Waals surface area contributed by atoms with E-state index in [4.69, 9.17) is 0 Å². The molecule has 1 fully saturated rings. The third-order valence-electron chi connectivity index (χ3n) is 5.48. The first kappa shape index (κ1) is 19.9. The van der Waals surface area contributed by atoms with Crippen LogP contribution in [0, 0.1) is 25.5 Å². The topological polar surface area (TPSA) is 36.3 Å². The maximum Gasteiger partial charge on any atom is 0.151 e. The minimum absolute atomic E-state index is 0.272. The highest BCUT2D eigenvalue weighted by Crippen LogP contribution is 2.20. The largest absolute Gasteiger partial charge is 0.311 e. The minimum Gasteiger partial charge on any atom is -0.311 e. The maximum absolute atomic E-state index is 14.1. The Hall–Kier alpha value is -1.83. The number of halogens is 2. The van der Waals surface area contributed by atoms with Gasteiger partial charge in [-0.05, 0) is 40.0 Å². The Morgan fingerprint density at radius 2 is 1.85 bits per heavy atom. The second kappa shape index (κ2) is 8.46. The Kier molecular flexibility index (Phi) is 6.24. The van der Waals surface area contributed by atoms with E-state index in [1.165, 1.54) is 12.1 Å². The van der Waals surface area contributed by atoms with E-state index < -0.39 is 11.6 Å². The molecule has 1 unspecified atom stereocenters. The zero-order chi connectivity index (χ0) is 19.6. The van der Waals surface area contributed by atoms with Gasteiger partial charge in [0.2, 0.25) is 0 Å². The molecule has 0 saturated carbocycles. The summed E-state index contributed by atoms with van der Waals surface area (Å²) in [6.45, 7) is 12.1. The molecule has 148 valence electrons. The number of likely N-dealkylation sites (N-methyl/N-ethyl adjacent to an activating group) is 1. The fourth-order valence-electron chi connectivity index (χ4n) is 3.62. The summed E-state index contributed by atoms with van der Waals surface area (Å²) < 4.78 is 28.9. The summed E-state index contributed by atoms with van der Waals surface area (Å²) in [7, 11) is 2.16. The molecular formula is C20H29F2N5. The molecule has 2 heterocycles. The predicted octanol–water partition coefficient (Wildman–Crippen LogP) is 2.49. The standard InChI is InChI=1S/C20H29F2N5/c1-14(26-9-7-25(4)8-10-26)12-23-13-18-15(2)24-27(16(18)3)20-6-5-17(21)11-19(20)22/h5-6,11,14,23H,7-10,12-13H2,1-4H3. The van der Waals surface area contributed by atoms with Gasteiger partial charge in [-0.15, -0.1) is 0 Å². The average molecular weight is 377 g/mol. The van der Waals surface area contributed by atoms with Gasteiger partial charge in [0.1, 0.15) is 11.5 Å². The van der Waals surface area contributed by atoms with Crippen LogP contribution in [0.2, 0.25) is 0 Å². The average Bonchev–Trinajstić information content (AvgIpc) is 2.90. The summed E-state index contributed by atoms with van der Waals surface area (Å²) in [6, 6.07) is 4.03. The summed E-state index contributed by atoms with van der Waals surface area (Å²) in [4.78, 5) is 4.86. The molecule has 1 N–H and O–H groups in total. The predicted molar refractivity (Wildman–Crippen MR) is 103 cm³/mol. The van der Waals surface area contributed by atoms with Gasteiger partial charge in [-0.2, -0.15) is 5.10 Å². The van der Waals surface area contributed by atoms with Crippen LogP contribution in [-0.4, -0.2) is 65.4 Å². The van der Waals surface area contributed by atoms with Gasteiger partial charge in [-0.25, -0.2) is 13.5 Å². The first-order valence-corrected chi connectivity index (χ1v) is 9.50. The van der Waals surface area contributed by atoms with Gasteiger partial charge in [0.25, 0.3) is 0 Å². The monoisotopic (exact) mass is 377 g/mol. The van der Waals surface area contributed by atoms with Crippen molar-refractivity contribution in [2.45, 2.75) is 33.4 Å². The normalized spacial score (nSPS) is 17.4. The fourth-order valence-corrected chi connectivity index (χ4v) is 3.62. The van der Waals surface area contributed by atoms with Crippen LogP contribution in [0.25, 0.3) is 5.69 Å². The highest BCUT2D eigenvalue weighted by Gasteiger charge is 2.20. The van der Waals surface area contributed by atoms with Crippen LogP contribution in [-0.2, 0) is 6.54 Å². The van der Waals surface area contributed by atoms with Crippen molar-refractivity contribution in [1.82, 2.24) is 24.9 Å². The van der Waals surface area contributed by atoms with Gasteiger partial charge >= 0.3 is 0 Å². The molecular weight excluding hydrogens is 348 g/mol. The summed E-state index contributed by atoms with van der Waals surface area (Å²) in [5, 5.41) is 7.98.